The van der Waals surface area contributed by atoms with E-state index >= 15 is 0 Å². The first-order chi connectivity index (χ1) is 10.4. The summed E-state index contributed by atoms with van der Waals surface area (Å²) in [6, 6.07) is 6.08. The van der Waals surface area contributed by atoms with Gasteiger partial charge in [-0.1, -0.05) is 50.8 Å². The number of hydrogen-bond acceptors (Lipinski definition) is 2. The Labute approximate surface area is 129 Å². The van der Waals surface area contributed by atoms with E-state index in [2.05, 4.69) is 30.1 Å². The zero-order valence-electron chi connectivity index (χ0n) is 13.4. The number of aryl methyl sites for hydroxylation is 1. The predicted octanol–water partition coefficient (Wildman–Crippen LogP) is 5.58. The van der Waals surface area contributed by atoms with Gasteiger partial charge in [-0.05, 0) is 50.2 Å². The van der Waals surface area contributed by atoms with Crippen LogP contribution >= 0.6 is 0 Å². The fraction of sp³-hybridized carbons (Fsp3) is 0.579. The van der Waals surface area contributed by atoms with Gasteiger partial charge in [0.25, 0.3) is 0 Å². The molecule has 0 aliphatic heterocycles. The van der Waals surface area contributed by atoms with Crippen LogP contribution in [0.25, 0.3) is 0 Å². The van der Waals surface area contributed by atoms with Gasteiger partial charge in [-0.25, -0.2) is 4.98 Å². The van der Waals surface area contributed by atoms with Crippen LogP contribution in [0.3, 0.4) is 0 Å². The molecule has 2 heteroatoms. The number of rotatable bonds is 11. The maximum absolute atomic E-state index is 8.97. The number of allylic oxidation sites excluding steroid dienone is 2. The normalized spacial score (nSPS) is 10.9. The summed E-state index contributed by atoms with van der Waals surface area (Å²) in [5.41, 5.74) is 1.67. The molecule has 0 spiro atoms. The van der Waals surface area contributed by atoms with Crippen LogP contribution in [0.15, 0.2) is 30.5 Å². The van der Waals surface area contributed by atoms with Crippen LogP contribution in [-0.2, 0) is 6.42 Å². The molecule has 0 saturated carbocycles. The number of nitriles is 1. The number of hydrogen-bond donors (Lipinski definition) is 0. The second-order valence-corrected chi connectivity index (χ2v) is 5.54. The van der Waals surface area contributed by atoms with Crippen molar-refractivity contribution in [3.8, 4) is 6.07 Å². The first-order valence-electron chi connectivity index (χ1n) is 8.37. The maximum atomic E-state index is 8.97. The zero-order valence-corrected chi connectivity index (χ0v) is 13.4. The van der Waals surface area contributed by atoms with Gasteiger partial charge in [0.1, 0.15) is 11.8 Å². The third kappa shape index (κ3) is 8.30. The van der Waals surface area contributed by atoms with Crippen molar-refractivity contribution in [2.45, 2.75) is 71.1 Å². The van der Waals surface area contributed by atoms with Crippen molar-refractivity contribution in [1.29, 1.82) is 5.26 Å². The van der Waals surface area contributed by atoms with Crippen LogP contribution in [-0.4, -0.2) is 4.98 Å². The molecule has 2 nitrogen and oxygen atoms in total. The first-order valence-corrected chi connectivity index (χ1v) is 8.37. The molecule has 0 aliphatic carbocycles. The average molecular weight is 284 g/mol. The maximum Gasteiger partial charge on any atom is 0.143 e. The highest BCUT2D eigenvalue weighted by Gasteiger charge is 2.00. The molecular formula is C19H28N2. The third-order valence-corrected chi connectivity index (χ3v) is 3.71. The van der Waals surface area contributed by atoms with Crippen molar-refractivity contribution in [2.75, 3.05) is 0 Å². The summed E-state index contributed by atoms with van der Waals surface area (Å²) in [7, 11) is 0. The van der Waals surface area contributed by atoms with Crippen molar-refractivity contribution < 1.29 is 0 Å². The molecule has 1 aromatic rings. The van der Waals surface area contributed by atoms with Gasteiger partial charge in [-0.15, -0.1) is 0 Å². The Bertz CT molecular complexity index is 443. The highest BCUT2D eigenvalue weighted by atomic mass is 14.7. The van der Waals surface area contributed by atoms with E-state index < -0.39 is 0 Å². The van der Waals surface area contributed by atoms with Gasteiger partial charge in [0.2, 0.25) is 0 Å². The van der Waals surface area contributed by atoms with Gasteiger partial charge in [-0.2, -0.15) is 5.26 Å². The van der Waals surface area contributed by atoms with E-state index in [1.54, 1.807) is 6.20 Å². The summed E-state index contributed by atoms with van der Waals surface area (Å²) in [5.74, 6) is 0. The summed E-state index contributed by atoms with van der Waals surface area (Å²) in [6.07, 6.45) is 18.8. The number of nitrogens with zero attached hydrogens (tertiary/aromatic N) is 2. The van der Waals surface area contributed by atoms with Crippen molar-refractivity contribution in [2.24, 2.45) is 0 Å². The molecule has 1 aromatic heterocycles. The highest BCUT2D eigenvalue weighted by molar-refractivity contribution is 5.30. The number of aromatic nitrogens is 1. The Morgan fingerprint density at radius 3 is 2.48 bits per heavy atom. The summed E-state index contributed by atoms with van der Waals surface area (Å²) in [5, 5.41) is 8.97. The van der Waals surface area contributed by atoms with Gasteiger partial charge in [-0.3, -0.25) is 0 Å². The standard InChI is InChI=1S/C19H28N2/c1-2-3-4-5-6-7-8-9-10-11-12-14-18-15-13-16-21-19(18)17-20/h8-9,13,15-16H,2-7,10-12,14H2,1H3. The lowest BCUT2D eigenvalue weighted by Gasteiger charge is -2.01. The van der Waals surface area contributed by atoms with Crippen LogP contribution in [0.1, 0.15) is 76.0 Å². The molecule has 0 bridgehead atoms. The van der Waals surface area contributed by atoms with E-state index in [0.717, 1.165) is 24.8 Å². The minimum atomic E-state index is 0.583. The largest absolute Gasteiger partial charge is 0.245 e. The fourth-order valence-corrected chi connectivity index (χ4v) is 2.42. The van der Waals surface area contributed by atoms with Crippen molar-refractivity contribution in [3.63, 3.8) is 0 Å². The molecule has 0 aromatic carbocycles. The Kier molecular flexibility index (Phi) is 10.1. The van der Waals surface area contributed by atoms with E-state index in [0.29, 0.717) is 5.69 Å². The molecule has 0 fully saturated rings. The minimum absolute atomic E-state index is 0.583. The number of pyridine rings is 1. The zero-order chi connectivity index (χ0) is 15.2. The van der Waals surface area contributed by atoms with Crippen LogP contribution < -0.4 is 0 Å². The molecule has 1 heterocycles. The van der Waals surface area contributed by atoms with Crippen LogP contribution in [0, 0.1) is 11.3 Å². The van der Waals surface area contributed by atoms with Gasteiger partial charge < -0.3 is 0 Å². The Balaban J connectivity index is 2.03. The van der Waals surface area contributed by atoms with Crippen LogP contribution in [0.5, 0.6) is 0 Å². The molecule has 1 rings (SSSR count). The van der Waals surface area contributed by atoms with Crippen molar-refractivity contribution in [3.05, 3.63) is 41.7 Å². The summed E-state index contributed by atoms with van der Waals surface area (Å²) in [4.78, 5) is 4.09. The van der Waals surface area contributed by atoms with E-state index in [1.807, 2.05) is 12.1 Å². The molecule has 0 aliphatic rings. The summed E-state index contributed by atoms with van der Waals surface area (Å²) in [6.45, 7) is 2.25. The predicted molar refractivity (Wildman–Crippen MR) is 89.0 cm³/mol. The average Bonchev–Trinajstić information content (AvgIpc) is 2.53. The molecule has 0 radical (unpaired) electrons. The summed E-state index contributed by atoms with van der Waals surface area (Å²) >= 11 is 0. The quantitative estimate of drug-likeness (QED) is 0.392. The van der Waals surface area contributed by atoms with Gasteiger partial charge >= 0.3 is 0 Å². The molecule has 0 saturated heterocycles. The smallest absolute Gasteiger partial charge is 0.143 e. The fourth-order valence-electron chi connectivity index (χ4n) is 2.42. The van der Waals surface area contributed by atoms with E-state index in [9.17, 15) is 0 Å². The second-order valence-electron chi connectivity index (χ2n) is 5.54. The molecule has 0 atom stereocenters. The Hall–Kier alpha value is -1.62. The third-order valence-electron chi connectivity index (χ3n) is 3.71. The topological polar surface area (TPSA) is 36.7 Å². The highest BCUT2D eigenvalue weighted by Crippen LogP contribution is 2.10. The molecular weight excluding hydrogens is 256 g/mol. The summed E-state index contributed by atoms with van der Waals surface area (Å²) < 4.78 is 0. The first kappa shape index (κ1) is 17.4. The van der Waals surface area contributed by atoms with Gasteiger partial charge in [0, 0.05) is 6.20 Å². The lowest BCUT2D eigenvalue weighted by Crippen LogP contribution is -1.93. The van der Waals surface area contributed by atoms with E-state index in [-0.39, 0.29) is 0 Å². The second kappa shape index (κ2) is 12.1. The van der Waals surface area contributed by atoms with E-state index in [1.165, 1.54) is 44.9 Å². The van der Waals surface area contributed by atoms with Crippen LogP contribution in [0.2, 0.25) is 0 Å². The van der Waals surface area contributed by atoms with Crippen molar-refractivity contribution in [1.82, 2.24) is 4.98 Å². The molecule has 0 amide bonds. The lowest BCUT2D eigenvalue weighted by atomic mass is 10.1. The van der Waals surface area contributed by atoms with E-state index in [4.69, 9.17) is 5.26 Å². The lowest BCUT2D eigenvalue weighted by molar-refractivity contribution is 0.636. The Morgan fingerprint density at radius 2 is 1.76 bits per heavy atom. The molecule has 0 unspecified atom stereocenters. The Morgan fingerprint density at radius 1 is 1.05 bits per heavy atom. The molecule has 21 heavy (non-hydrogen) atoms. The number of unbranched alkanes of at least 4 members (excludes halogenated alkanes) is 7. The van der Waals surface area contributed by atoms with Gasteiger partial charge in [0.15, 0.2) is 0 Å². The van der Waals surface area contributed by atoms with Crippen molar-refractivity contribution >= 4 is 0 Å². The molecule has 114 valence electrons. The van der Waals surface area contributed by atoms with Gasteiger partial charge in [0.05, 0.1) is 0 Å². The molecule has 0 N–H and O–H groups in total. The monoisotopic (exact) mass is 284 g/mol. The van der Waals surface area contributed by atoms with Crippen LogP contribution in [0.4, 0.5) is 0 Å². The minimum Gasteiger partial charge on any atom is -0.245 e. The SMILES string of the molecule is CCCCCCCC=CCCCCc1cccnc1C#N.